The maximum absolute atomic E-state index is 5.99. The van der Waals surface area contributed by atoms with Gasteiger partial charge in [-0.25, -0.2) is 4.98 Å². The topological polar surface area (TPSA) is 38.9 Å². The Kier molecular flexibility index (Phi) is 2.45. The Labute approximate surface area is 87.1 Å². The van der Waals surface area contributed by atoms with Crippen LogP contribution < -0.4 is 5.73 Å². The molecule has 0 saturated heterocycles. The molecule has 70 valence electrons. The summed E-state index contributed by atoms with van der Waals surface area (Å²) in [6.45, 7) is 0. The third-order valence-electron chi connectivity index (χ3n) is 2.35. The average Bonchev–Trinajstić information content (AvgIpc) is 2.85. The smallest absolute Gasteiger partial charge is 0.135 e. The van der Waals surface area contributed by atoms with Crippen LogP contribution in [0.3, 0.4) is 0 Å². The standard InChI is InChI=1S/C9H10Cl2N2/c10-6-3-4-13-9(11)7(6)8(12)5-1-2-5/h3-5,8H,1-2,12H2. The third-order valence-corrected chi connectivity index (χ3v) is 2.98. The minimum atomic E-state index is -0.0475. The summed E-state index contributed by atoms with van der Waals surface area (Å²) in [6.07, 6.45) is 3.93. The highest BCUT2D eigenvalue weighted by Gasteiger charge is 2.32. The third kappa shape index (κ3) is 1.80. The average molecular weight is 217 g/mol. The molecule has 13 heavy (non-hydrogen) atoms. The number of pyridine rings is 1. The molecule has 4 heteroatoms. The minimum Gasteiger partial charge on any atom is -0.324 e. The fraction of sp³-hybridized carbons (Fsp3) is 0.444. The predicted molar refractivity (Wildman–Crippen MR) is 53.9 cm³/mol. The van der Waals surface area contributed by atoms with Gasteiger partial charge in [0, 0.05) is 22.8 Å². The van der Waals surface area contributed by atoms with Crippen LogP contribution in [0.5, 0.6) is 0 Å². The molecular formula is C9H10Cl2N2. The predicted octanol–water partition coefficient (Wildman–Crippen LogP) is 2.80. The monoisotopic (exact) mass is 216 g/mol. The van der Waals surface area contributed by atoms with E-state index in [0.29, 0.717) is 16.1 Å². The summed E-state index contributed by atoms with van der Waals surface area (Å²) < 4.78 is 0. The molecule has 1 heterocycles. The van der Waals surface area contributed by atoms with Gasteiger partial charge in [-0.1, -0.05) is 23.2 Å². The highest BCUT2D eigenvalue weighted by Crippen LogP contribution is 2.42. The number of nitrogens with zero attached hydrogens (tertiary/aromatic N) is 1. The van der Waals surface area contributed by atoms with Crippen LogP contribution in [0.15, 0.2) is 12.3 Å². The molecular weight excluding hydrogens is 207 g/mol. The van der Waals surface area contributed by atoms with Gasteiger partial charge in [0.25, 0.3) is 0 Å². The molecule has 1 atom stereocenters. The summed E-state index contributed by atoms with van der Waals surface area (Å²) in [5, 5.41) is 1.06. The largest absolute Gasteiger partial charge is 0.324 e. The van der Waals surface area contributed by atoms with E-state index in [2.05, 4.69) is 4.98 Å². The normalized spacial score (nSPS) is 18.7. The van der Waals surface area contributed by atoms with Crippen LogP contribution in [0.1, 0.15) is 24.4 Å². The summed E-state index contributed by atoms with van der Waals surface area (Å²) in [5.41, 5.74) is 6.79. The van der Waals surface area contributed by atoms with E-state index in [1.165, 1.54) is 12.8 Å². The van der Waals surface area contributed by atoms with Crippen LogP contribution in [-0.2, 0) is 0 Å². The molecule has 1 aromatic rings. The van der Waals surface area contributed by atoms with E-state index < -0.39 is 0 Å². The highest BCUT2D eigenvalue weighted by atomic mass is 35.5. The van der Waals surface area contributed by atoms with E-state index in [0.717, 1.165) is 5.56 Å². The lowest BCUT2D eigenvalue weighted by Gasteiger charge is -2.13. The highest BCUT2D eigenvalue weighted by molar-refractivity contribution is 6.35. The van der Waals surface area contributed by atoms with Crippen molar-refractivity contribution in [3.05, 3.63) is 28.0 Å². The van der Waals surface area contributed by atoms with Crippen LogP contribution >= 0.6 is 23.2 Å². The number of hydrogen-bond acceptors (Lipinski definition) is 2. The van der Waals surface area contributed by atoms with Gasteiger partial charge in [-0.2, -0.15) is 0 Å². The fourth-order valence-corrected chi connectivity index (χ4v) is 2.02. The van der Waals surface area contributed by atoms with Crippen molar-refractivity contribution in [3.8, 4) is 0 Å². The van der Waals surface area contributed by atoms with Gasteiger partial charge >= 0.3 is 0 Å². The summed E-state index contributed by atoms with van der Waals surface area (Å²) in [5.74, 6) is 0.541. The first-order chi connectivity index (χ1) is 6.20. The van der Waals surface area contributed by atoms with E-state index >= 15 is 0 Å². The zero-order chi connectivity index (χ0) is 9.42. The van der Waals surface area contributed by atoms with Crippen molar-refractivity contribution in [1.29, 1.82) is 0 Å². The van der Waals surface area contributed by atoms with Gasteiger partial charge in [0.05, 0.1) is 0 Å². The minimum absolute atomic E-state index is 0.0475. The second-order valence-electron chi connectivity index (χ2n) is 3.36. The second-order valence-corrected chi connectivity index (χ2v) is 4.13. The molecule has 1 unspecified atom stereocenters. The first-order valence-electron chi connectivity index (χ1n) is 4.25. The second kappa shape index (κ2) is 3.45. The zero-order valence-electron chi connectivity index (χ0n) is 7.00. The van der Waals surface area contributed by atoms with Crippen molar-refractivity contribution in [2.45, 2.75) is 18.9 Å². The summed E-state index contributed by atoms with van der Waals surface area (Å²) in [7, 11) is 0. The molecule has 2 N–H and O–H groups in total. The van der Waals surface area contributed by atoms with E-state index in [9.17, 15) is 0 Å². The van der Waals surface area contributed by atoms with Gasteiger partial charge in [0.1, 0.15) is 5.15 Å². The SMILES string of the molecule is NC(c1c(Cl)ccnc1Cl)C1CC1. The molecule has 1 aliphatic carbocycles. The molecule has 1 saturated carbocycles. The summed E-state index contributed by atoms with van der Waals surface area (Å²) in [6, 6.07) is 1.68. The lowest BCUT2D eigenvalue weighted by molar-refractivity contribution is 0.631. The molecule has 0 radical (unpaired) electrons. The Morgan fingerprint density at radius 3 is 2.69 bits per heavy atom. The first-order valence-corrected chi connectivity index (χ1v) is 5.01. The zero-order valence-corrected chi connectivity index (χ0v) is 8.52. The number of halogens is 2. The summed E-state index contributed by atoms with van der Waals surface area (Å²) in [4.78, 5) is 3.97. The number of rotatable bonds is 2. The molecule has 0 bridgehead atoms. The van der Waals surface area contributed by atoms with Crippen molar-refractivity contribution >= 4 is 23.2 Å². The summed E-state index contributed by atoms with van der Waals surface area (Å²) >= 11 is 11.9. The lowest BCUT2D eigenvalue weighted by Crippen LogP contribution is -2.13. The maximum Gasteiger partial charge on any atom is 0.135 e. The molecule has 0 amide bonds. The Morgan fingerprint density at radius 2 is 2.15 bits per heavy atom. The lowest BCUT2D eigenvalue weighted by atomic mass is 10.1. The van der Waals surface area contributed by atoms with E-state index in [1.54, 1.807) is 12.3 Å². The van der Waals surface area contributed by atoms with E-state index in [1.807, 2.05) is 0 Å². The van der Waals surface area contributed by atoms with Gasteiger partial charge in [-0.15, -0.1) is 0 Å². The van der Waals surface area contributed by atoms with E-state index in [4.69, 9.17) is 28.9 Å². The quantitative estimate of drug-likeness (QED) is 0.773. The van der Waals surface area contributed by atoms with Gasteiger partial charge < -0.3 is 5.73 Å². The molecule has 2 rings (SSSR count). The van der Waals surface area contributed by atoms with Crippen molar-refractivity contribution in [2.24, 2.45) is 11.7 Å². The first kappa shape index (κ1) is 9.25. The Balaban J connectivity index is 2.36. The van der Waals surface area contributed by atoms with Gasteiger partial charge in [0.15, 0.2) is 0 Å². The van der Waals surface area contributed by atoms with Crippen LogP contribution in [-0.4, -0.2) is 4.98 Å². The van der Waals surface area contributed by atoms with E-state index in [-0.39, 0.29) is 6.04 Å². The van der Waals surface area contributed by atoms with Gasteiger partial charge in [-0.05, 0) is 24.8 Å². The molecule has 0 aromatic carbocycles. The number of aromatic nitrogens is 1. The van der Waals surface area contributed by atoms with Gasteiger partial charge in [0.2, 0.25) is 0 Å². The van der Waals surface area contributed by atoms with Gasteiger partial charge in [-0.3, -0.25) is 0 Å². The Morgan fingerprint density at radius 1 is 1.46 bits per heavy atom. The van der Waals surface area contributed by atoms with Crippen molar-refractivity contribution in [2.75, 3.05) is 0 Å². The fourth-order valence-electron chi connectivity index (χ4n) is 1.41. The van der Waals surface area contributed by atoms with Crippen LogP contribution in [0.4, 0.5) is 0 Å². The van der Waals surface area contributed by atoms with Crippen molar-refractivity contribution in [3.63, 3.8) is 0 Å². The molecule has 0 aliphatic heterocycles. The number of nitrogens with two attached hydrogens (primary N) is 1. The molecule has 0 spiro atoms. The van der Waals surface area contributed by atoms with Crippen LogP contribution in [0.25, 0.3) is 0 Å². The molecule has 2 nitrogen and oxygen atoms in total. The molecule has 1 aromatic heterocycles. The van der Waals surface area contributed by atoms with Crippen LogP contribution in [0, 0.1) is 5.92 Å². The van der Waals surface area contributed by atoms with Crippen LogP contribution in [0.2, 0.25) is 10.2 Å². The maximum atomic E-state index is 5.99. The Hall–Kier alpha value is -0.310. The molecule has 1 fully saturated rings. The molecule has 1 aliphatic rings. The number of hydrogen-bond donors (Lipinski definition) is 1. The van der Waals surface area contributed by atoms with Crippen molar-refractivity contribution in [1.82, 2.24) is 4.98 Å². The van der Waals surface area contributed by atoms with Crippen molar-refractivity contribution < 1.29 is 0 Å². The Bertz CT molecular complexity index is 303.